The highest BCUT2D eigenvalue weighted by Crippen LogP contribution is 2.30. The van der Waals surface area contributed by atoms with Crippen LogP contribution in [0.15, 0.2) is 40.1 Å². The number of rotatable bonds is 6. The molecule has 1 aliphatic heterocycles. The maximum Gasteiger partial charge on any atom is 0.328 e. The highest BCUT2D eigenvalue weighted by atomic mass is 16.5. The Hall–Kier alpha value is -2.17. The minimum Gasteiger partial charge on any atom is -0.464 e. The number of carbonyl (C=O) groups excluding carboxylic acids is 2. The Morgan fingerprint density at radius 2 is 2.47 bits per heavy atom. The van der Waals surface area contributed by atoms with Crippen LogP contribution in [0.5, 0.6) is 0 Å². The van der Waals surface area contributed by atoms with E-state index >= 15 is 0 Å². The molecule has 1 unspecified atom stereocenters. The van der Waals surface area contributed by atoms with Crippen molar-refractivity contribution in [3.8, 4) is 0 Å². The molecule has 0 radical (unpaired) electrons. The first kappa shape index (κ1) is 13.3. The summed E-state index contributed by atoms with van der Waals surface area (Å²) in [4.78, 5) is 26.6. The van der Waals surface area contributed by atoms with E-state index in [-0.39, 0.29) is 0 Å². The van der Waals surface area contributed by atoms with Crippen molar-refractivity contribution in [1.29, 1.82) is 0 Å². The lowest BCUT2D eigenvalue weighted by Crippen LogP contribution is -2.37. The number of amides is 1. The van der Waals surface area contributed by atoms with Crippen LogP contribution in [0.1, 0.15) is 19.8 Å². The van der Waals surface area contributed by atoms with Gasteiger partial charge in [0.15, 0.2) is 0 Å². The second-order valence-electron chi connectivity index (χ2n) is 4.24. The quantitative estimate of drug-likeness (QED) is 0.578. The summed E-state index contributed by atoms with van der Waals surface area (Å²) >= 11 is 0. The fraction of sp³-hybridized carbons (Fsp3) is 0.357. The van der Waals surface area contributed by atoms with Crippen LogP contribution in [-0.4, -0.2) is 31.2 Å². The van der Waals surface area contributed by atoms with Crippen molar-refractivity contribution in [2.24, 2.45) is 4.99 Å². The molecule has 5 nitrogen and oxygen atoms in total. The molecule has 1 amide bonds. The van der Waals surface area contributed by atoms with Gasteiger partial charge in [0.25, 0.3) is 0 Å². The van der Waals surface area contributed by atoms with E-state index in [2.05, 4.69) is 10.3 Å². The Balaban J connectivity index is 2.12. The standard InChI is InChI=1S/C14H16N2O3/c1-2-19-14(18)13(16-9-17)7-10-8-15-12-6-4-3-5-11(10)12/h3-4,6,8-9,13H,2,5,7H2,1H3,(H,16,17). The first-order valence-corrected chi connectivity index (χ1v) is 6.26. The van der Waals surface area contributed by atoms with E-state index in [1.807, 2.05) is 18.2 Å². The largest absolute Gasteiger partial charge is 0.464 e. The summed E-state index contributed by atoms with van der Waals surface area (Å²) in [6.45, 7) is 2.03. The van der Waals surface area contributed by atoms with Gasteiger partial charge in [-0.1, -0.05) is 12.2 Å². The molecule has 0 spiro atoms. The van der Waals surface area contributed by atoms with Crippen molar-refractivity contribution < 1.29 is 14.3 Å². The minimum absolute atomic E-state index is 0.295. The van der Waals surface area contributed by atoms with Crippen molar-refractivity contribution in [1.82, 2.24) is 5.32 Å². The SMILES string of the molecule is CCOC(=O)C(CC1=C2CC=CC=C2N=C1)NC=O. The van der Waals surface area contributed by atoms with Crippen LogP contribution in [-0.2, 0) is 14.3 Å². The van der Waals surface area contributed by atoms with Gasteiger partial charge in [-0.25, -0.2) is 4.79 Å². The van der Waals surface area contributed by atoms with Gasteiger partial charge in [0.1, 0.15) is 6.04 Å². The number of fused-ring (bicyclic) bond motifs is 1. The summed E-state index contributed by atoms with van der Waals surface area (Å²) in [5.41, 5.74) is 3.03. The zero-order valence-electron chi connectivity index (χ0n) is 10.8. The molecule has 0 aromatic heterocycles. The maximum absolute atomic E-state index is 11.7. The summed E-state index contributed by atoms with van der Waals surface area (Å²) in [6, 6.07) is -0.656. The van der Waals surface area contributed by atoms with Gasteiger partial charge in [-0.2, -0.15) is 0 Å². The Bertz CT molecular complexity index is 501. The number of ether oxygens (including phenoxy) is 1. The lowest BCUT2D eigenvalue weighted by molar-refractivity contribution is -0.146. The zero-order valence-corrected chi connectivity index (χ0v) is 10.8. The maximum atomic E-state index is 11.7. The van der Waals surface area contributed by atoms with Gasteiger partial charge in [-0.15, -0.1) is 0 Å². The number of hydrogen-bond acceptors (Lipinski definition) is 4. The number of esters is 1. The highest BCUT2D eigenvalue weighted by Gasteiger charge is 2.24. The van der Waals surface area contributed by atoms with E-state index in [9.17, 15) is 9.59 Å². The molecule has 0 saturated heterocycles. The average Bonchev–Trinajstić information content (AvgIpc) is 2.82. The number of aliphatic imine (C=N–C) groups is 1. The molecule has 1 aliphatic carbocycles. The van der Waals surface area contributed by atoms with Crippen LogP contribution in [0.4, 0.5) is 0 Å². The highest BCUT2D eigenvalue weighted by molar-refractivity contribution is 5.89. The topological polar surface area (TPSA) is 67.8 Å². The smallest absolute Gasteiger partial charge is 0.328 e. The Kier molecular flexibility index (Phi) is 4.28. The van der Waals surface area contributed by atoms with E-state index in [1.165, 1.54) is 0 Å². The molecule has 1 heterocycles. The van der Waals surface area contributed by atoms with Crippen molar-refractivity contribution in [3.63, 3.8) is 0 Å². The number of allylic oxidation sites excluding steroid dienone is 4. The van der Waals surface area contributed by atoms with E-state index in [0.717, 1.165) is 23.3 Å². The lowest BCUT2D eigenvalue weighted by Gasteiger charge is -2.15. The van der Waals surface area contributed by atoms with Gasteiger partial charge >= 0.3 is 5.97 Å². The average molecular weight is 260 g/mol. The van der Waals surface area contributed by atoms with Gasteiger partial charge in [0, 0.05) is 12.6 Å². The normalized spacial score (nSPS) is 17.8. The Morgan fingerprint density at radius 3 is 3.21 bits per heavy atom. The number of hydrogen-bond donors (Lipinski definition) is 1. The van der Waals surface area contributed by atoms with Crippen molar-refractivity contribution in [2.75, 3.05) is 6.61 Å². The van der Waals surface area contributed by atoms with Crippen LogP contribution in [0.2, 0.25) is 0 Å². The molecule has 100 valence electrons. The second kappa shape index (κ2) is 6.13. The molecule has 2 rings (SSSR count). The molecule has 5 heteroatoms. The summed E-state index contributed by atoms with van der Waals surface area (Å²) in [5, 5.41) is 2.50. The monoisotopic (exact) mass is 260 g/mol. The van der Waals surface area contributed by atoms with Crippen molar-refractivity contribution >= 4 is 18.6 Å². The van der Waals surface area contributed by atoms with Gasteiger partial charge in [0.2, 0.25) is 6.41 Å². The molecular weight excluding hydrogens is 244 g/mol. The Labute approximate surface area is 111 Å². The third-order valence-electron chi connectivity index (χ3n) is 3.03. The zero-order chi connectivity index (χ0) is 13.7. The fourth-order valence-corrected chi connectivity index (χ4v) is 2.12. The minimum atomic E-state index is -0.656. The number of nitrogens with one attached hydrogen (secondary N) is 1. The predicted molar refractivity (Wildman–Crippen MR) is 71.6 cm³/mol. The molecule has 0 fully saturated rings. The fourth-order valence-electron chi connectivity index (χ4n) is 2.12. The molecule has 19 heavy (non-hydrogen) atoms. The molecule has 1 N–H and O–H groups in total. The van der Waals surface area contributed by atoms with Crippen LogP contribution in [0.3, 0.4) is 0 Å². The predicted octanol–water partition coefficient (Wildman–Crippen LogP) is 1.28. The van der Waals surface area contributed by atoms with Gasteiger partial charge < -0.3 is 10.1 Å². The molecule has 0 saturated carbocycles. The van der Waals surface area contributed by atoms with Crippen LogP contribution >= 0.6 is 0 Å². The summed E-state index contributed by atoms with van der Waals surface area (Å²) < 4.78 is 4.95. The third-order valence-corrected chi connectivity index (χ3v) is 3.03. The van der Waals surface area contributed by atoms with E-state index in [1.54, 1.807) is 13.1 Å². The van der Waals surface area contributed by atoms with Gasteiger partial charge in [-0.3, -0.25) is 9.79 Å². The first-order chi connectivity index (χ1) is 9.26. The molecule has 2 aliphatic rings. The lowest BCUT2D eigenvalue weighted by atomic mass is 9.96. The van der Waals surface area contributed by atoms with Crippen LogP contribution < -0.4 is 5.32 Å². The first-order valence-electron chi connectivity index (χ1n) is 6.26. The summed E-state index contributed by atoms with van der Waals surface area (Å²) in [6.07, 6.45) is 9.43. The molecular formula is C14H16N2O3. The Morgan fingerprint density at radius 1 is 1.63 bits per heavy atom. The number of carbonyl (C=O) groups is 2. The third kappa shape index (κ3) is 2.99. The molecule has 0 aromatic rings. The molecule has 0 aromatic carbocycles. The van der Waals surface area contributed by atoms with Gasteiger partial charge in [0.05, 0.1) is 12.3 Å². The van der Waals surface area contributed by atoms with Gasteiger partial charge in [-0.05, 0) is 30.6 Å². The van der Waals surface area contributed by atoms with Crippen molar-refractivity contribution in [2.45, 2.75) is 25.8 Å². The second-order valence-corrected chi connectivity index (χ2v) is 4.24. The van der Waals surface area contributed by atoms with Crippen LogP contribution in [0.25, 0.3) is 0 Å². The van der Waals surface area contributed by atoms with E-state index < -0.39 is 12.0 Å². The summed E-state index contributed by atoms with van der Waals surface area (Å²) in [5.74, 6) is -0.417. The molecule has 0 bridgehead atoms. The number of nitrogens with zero attached hydrogens (tertiary/aromatic N) is 1. The van der Waals surface area contributed by atoms with E-state index in [4.69, 9.17) is 4.74 Å². The van der Waals surface area contributed by atoms with Crippen LogP contribution in [0, 0.1) is 0 Å². The van der Waals surface area contributed by atoms with Crippen molar-refractivity contribution in [3.05, 3.63) is 35.1 Å². The molecule has 1 atom stereocenters. The summed E-state index contributed by atoms with van der Waals surface area (Å²) in [7, 11) is 0. The van der Waals surface area contributed by atoms with E-state index in [0.29, 0.717) is 19.4 Å².